The molecule has 0 unspecified atom stereocenters. The van der Waals surface area contributed by atoms with E-state index >= 15 is 0 Å². The van der Waals surface area contributed by atoms with Crippen molar-refractivity contribution in [1.82, 2.24) is 0 Å². The molecule has 0 fully saturated rings. The van der Waals surface area contributed by atoms with Gasteiger partial charge in [-0.1, -0.05) is 0 Å². The maximum Gasteiger partial charge on any atom is 0.202 e. The summed E-state index contributed by atoms with van der Waals surface area (Å²) in [5, 5.41) is 9.44. The Bertz CT molecular complexity index is 291. The average molecular weight is 206 g/mol. The number of aromatic hydroxyl groups is 1. The fourth-order valence-electron chi connectivity index (χ4n) is 0.948. The monoisotopic (exact) mass is 205 g/mol. The maximum atomic E-state index is 9.44. The minimum Gasteiger partial charge on any atom is -0.502 e. The summed E-state index contributed by atoms with van der Waals surface area (Å²) in [7, 11) is 2.90. The zero-order chi connectivity index (χ0) is 9.14. The summed E-state index contributed by atoms with van der Waals surface area (Å²) in [5.74, 6) is 0.524. The molecule has 4 nitrogen and oxygen atoms in total. The zero-order valence-electron chi connectivity index (χ0n) is 7.40. The molecule has 1 aromatic rings. The zero-order valence-corrected chi connectivity index (χ0v) is 8.22. The van der Waals surface area contributed by atoms with Crippen molar-refractivity contribution in [2.45, 2.75) is 0 Å². The van der Waals surface area contributed by atoms with E-state index in [1.54, 1.807) is 12.1 Å². The predicted molar refractivity (Wildman–Crippen MR) is 52.9 cm³/mol. The fourth-order valence-corrected chi connectivity index (χ4v) is 0.948. The van der Waals surface area contributed by atoms with Crippen LogP contribution in [-0.4, -0.2) is 19.3 Å². The van der Waals surface area contributed by atoms with E-state index in [0.717, 1.165) is 0 Å². The SMILES string of the molecule is COc1ccc(N)c(OC)c1O.Cl. The number of phenols is 1. The molecule has 0 atom stereocenters. The van der Waals surface area contributed by atoms with Gasteiger partial charge in [0.2, 0.25) is 5.75 Å². The highest BCUT2D eigenvalue weighted by atomic mass is 35.5. The molecule has 0 aromatic heterocycles. The van der Waals surface area contributed by atoms with Gasteiger partial charge in [0.15, 0.2) is 11.5 Å². The first-order valence-electron chi connectivity index (χ1n) is 3.40. The molecule has 0 aliphatic heterocycles. The van der Waals surface area contributed by atoms with Gasteiger partial charge in [0.05, 0.1) is 19.9 Å². The highest BCUT2D eigenvalue weighted by Gasteiger charge is 2.10. The van der Waals surface area contributed by atoms with Gasteiger partial charge in [0.25, 0.3) is 0 Å². The average Bonchev–Trinajstić information content (AvgIpc) is 2.06. The van der Waals surface area contributed by atoms with Gasteiger partial charge in [-0.2, -0.15) is 0 Å². The lowest BCUT2D eigenvalue weighted by Gasteiger charge is -2.09. The number of hydrogen-bond acceptors (Lipinski definition) is 4. The Balaban J connectivity index is 0.00000144. The molecule has 1 rings (SSSR count). The van der Waals surface area contributed by atoms with E-state index in [-0.39, 0.29) is 23.9 Å². The molecule has 0 aliphatic rings. The van der Waals surface area contributed by atoms with Crippen molar-refractivity contribution in [3.63, 3.8) is 0 Å². The molecule has 0 aliphatic carbocycles. The summed E-state index contributed by atoms with van der Waals surface area (Å²) in [5.41, 5.74) is 5.90. The lowest BCUT2D eigenvalue weighted by Crippen LogP contribution is -1.94. The van der Waals surface area contributed by atoms with E-state index < -0.39 is 0 Å². The Kier molecular flexibility index (Phi) is 4.20. The van der Waals surface area contributed by atoms with E-state index in [1.165, 1.54) is 14.2 Å². The Morgan fingerprint density at radius 2 is 1.85 bits per heavy atom. The highest BCUT2D eigenvalue weighted by Crippen LogP contribution is 2.39. The minimum absolute atomic E-state index is 0. The summed E-state index contributed by atoms with van der Waals surface area (Å²) < 4.78 is 9.72. The van der Waals surface area contributed by atoms with E-state index in [2.05, 4.69) is 0 Å². The van der Waals surface area contributed by atoms with Crippen molar-refractivity contribution < 1.29 is 14.6 Å². The first kappa shape index (κ1) is 11.7. The molecule has 5 heteroatoms. The van der Waals surface area contributed by atoms with Crippen molar-refractivity contribution >= 4 is 18.1 Å². The van der Waals surface area contributed by atoms with Crippen LogP contribution in [0.3, 0.4) is 0 Å². The van der Waals surface area contributed by atoms with E-state index in [1.807, 2.05) is 0 Å². The van der Waals surface area contributed by atoms with Gasteiger partial charge in [0.1, 0.15) is 0 Å². The number of nitrogen functional groups attached to an aromatic ring is 1. The molecule has 13 heavy (non-hydrogen) atoms. The number of ether oxygens (including phenoxy) is 2. The molecule has 0 heterocycles. The largest absolute Gasteiger partial charge is 0.502 e. The molecule has 0 saturated heterocycles. The Labute approximate surface area is 82.7 Å². The predicted octanol–water partition coefficient (Wildman–Crippen LogP) is 1.41. The van der Waals surface area contributed by atoms with Crippen molar-refractivity contribution in [2.24, 2.45) is 0 Å². The van der Waals surface area contributed by atoms with E-state index in [9.17, 15) is 5.11 Å². The van der Waals surface area contributed by atoms with Crippen molar-refractivity contribution in [2.75, 3.05) is 20.0 Å². The highest BCUT2D eigenvalue weighted by molar-refractivity contribution is 5.85. The van der Waals surface area contributed by atoms with Gasteiger partial charge >= 0.3 is 0 Å². The van der Waals surface area contributed by atoms with Crippen LogP contribution in [0.2, 0.25) is 0 Å². The number of benzene rings is 1. The molecule has 0 saturated carbocycles. The lowest BCUT2D eigenvalue weighted by molar-refractivity contribution is 0.341. The van der Waals surface area contributed by atoms with Crippen LogP contribution in [0.25, 0.3) is 0 Å². The summed E-state index contributed by atoms with van der Waals surface area (Å²) >= 11 is 0. The number of hydrogen-bond donors (Lipinski definition) is 2. The smallest absolute Gasteiger partial charge is 0.202 e. The van der Waals surface area contributed by atoms with Crippen LogP contribution in [0, 0.1) is 0 Å². The molecule has 1 aromatic carbocycles. The normalized spacial score (nSPS) is 8.77. The van der Waals surface area contributed by atoms with Crippen LogP contribution in [-0.2, 0) is 0 Å². The van der Waals surface area contributed by atoms with Crippen LogP contribution in [0.1, 0.15) is 0 Å². The second-order valence-electron chi connectivity index (χ2n) is 2.24. The van der Waals surface area contributed by atoms with Crippen molar-refractivity contribution in [3.8, 4) is 17.2 Å². The number of halogens is 1. The number of nitrogens with two attached hydrogens (primary N) is 1. The summed E-state index contributed by atoms with van der Waals surface area (Å²) in [6.45, 7) is 0. The Hall–Kier alpha value is -1.29. The van der Waals surface area contributed by atoms with Crippen LogP contribution < -0.4 is 15.2 Å². The number of methoxy groups -OCH3 is 2. The van der Waals surface area contributed by atoms with Gasteiger partial charge in [0, 0.05) is 0 Å². The van der Waals surface area contributed by atoms with Gasteiger partial charge in [-0.15, -0.1) is 12.4 Å². The third kappa shape index (κ3) is 2.09. The number of anilines is 1. The molecule has 0 spiro atoms. The first-order valence-corrected chi connectivity index (χ1v) is 3.40. The molecule has 74 valence electrons. The van der Waals surface area contributed by atoms with E-state index in [4.69, 9.17) is 15.2 Å². The second kappa shape index (κ2) is 4.67. The standard InChI is InChI=1S/C8H11NO3.ClH/c1-11-6-4-3-5(9)8(12-2)7(6)10;/h3-4,10H,9H2,1-2H3;1H. The fraction of sp³-hybridized carbons (Fsp3) is 0.250. The first-order chi connectivity index (χ1) is 5.70. The third-order valence-electron chi connectivity index (χ3n) is 1.55. The Morgan fingerprint density at radius 1 is 1.23 bits per heavy atom. The second-order valence-corrected chi connectivity index (χ2v) is 2.24. The topological polar surface area (TPSA) is 64.7 Å². The van der Waals surface area contributed by atoms with Crippen molar-refractivity contribution in [1.29, 1.82) is 0 Å². The van der Waals surface area contributed by atoms with Gasteiger partial charge in [-0.3, -0.25) is 0 Å². The molecular weight excluding hydrogens is 194 g/mol. The molecule has 0 radical (unpaired) electrons. The van der Waals surface area contributed by atoms with Gasteiger partial charge in [-0.25, -0.2) is 0 Å². The van der Waals surface area contributed by atoms with Crippen LogP contribution in [0.15, 0.2) is 12.1 Å². The quantitative estimate of drug-likeness (QED) is 0.717. The van der Waals surface area contributed by atoms with Crippen LogP contribution in [0.5, 0.6) is 17.2 Å². The summed E-state index contributed by atoms with van der Waals surface area (Å²) in [6, 6.07) is 3.19. The molecule has 0 amide bonds. The molecular formula is C8H12ClNO3. The lowest BCUT2D eigenvalue weighted by atomic mass is 10.2. The number of phenolic OH excluding ortho intramolecular Hbond substituents is 1. The van der Waals surface area contributed by atoms with Crippen LogP contribution in [0.4, 0.5) is 5.69 Å². The molecule has 3 N–H and O–H groups in total. The summed E-state index contributed by atoms with van der Waals surface area (Å²) in [6.07, 6.45) is 0. The van der Waals surface area contributed by atoms with Gasteiger partial charge in [-0.05, 0) is 12.1 Å². The number of rotatable bonds is 2. The third-order valence-corrected chi connectivity index (χ3v) is 1.55. The summed E-state index contributed by atoms with van der Waals surface area (Å²) in [4.78, 5) is 0. The van der Waals surface area contributed by atoms with Crippen LogP contribution >= 0.6 is 12.4 Å². The Morgan fingerprint density at radius 3 is 2.31 bits per heavy atom. The minimum atomic E-state index is -0.0694. The van der Waals surface area contributed by atoms with Gasteiger partial charge < -0.3 is 20.3 Å². The maximum absolute atomic E-state index is 9.44. The molecule has 0 bridgehead atoms. The van der Waals surface area contributed by atoms with E-state index in [0.29, 0.717) is 11.4 Å². The van der Waals surface area contributed by atoms with Crippen molar-refractivity contribution in [3.05, 3.63) is 12.1 Å².